The van der Waals surface area contributed by atoms with Gasteiger partial charge in [0.25, 0.3) is 0 Å². The lowest BCUT2D eigenvalue weighted by Crippen LogP contribution is -2.09. The largest absolute Gasteiger partial charge is 0.461 e. The van der Waals surface area contributed by atoms with Crippen LogP contribution in [0.1, 0.15) is 49.3 Å². The Morgan fingerprint density at radius 2 is 1.20 bits per heavy atom. The van der Waals surface area contributed by atoms with Crippen LogP contribution in [0.25, 0.3) is 66.1 Å². The zero-order valence-corrected chi connectivity index (χ0v) is 28.3. The molecule has 0 amide bonds. The first-order chi connectivity index (χ1) is 24.7. The second kappa shape index (κ2) is 13.6. The number of pyridine rings is 4. The molecule has 0 saturated carbocycles. The average Bonchev–Trinajstić information content (AvgIpc) is 3.67. The number of carbonyl (C=O) groups excluding carboxylic acids is 1. The van der Waals surface area contributed by atoms with Crippen molar-refractivity contribution in [3.63, 3.8) is 0 Å². The van der Waals surface area contributed by atoms with Crippen LogP contribution in [0.4, 0.5) is 0 Å². The molecule has 0 N–H and O–H groups in total. The van der Waals surface area contributed by atoms with Gasteiger partial charge < -0.3 is 13.9 Å². The molecular formula is C42H38N6O2. The molecular weight excluding hydrogens is 621 g/mol. The summed E-state index contributed by atoms with van der Waals surface area (Å²) in [7, 11) is 0. The highest BCUT2D eigenvalue weighted by atomic mass is 16.5. The second-order valence-corrected chi connectivity index (χ2v) is 12.6. The van der Waals surface area contributed by atoms with Crippen LogP contribution in [-0.2, 0) is 24.2 Å². The molecule has 0 aliphatic heterocycles. The van der Waals surface area contributed by atoms with Crippen molar-refractivity contribution in [2.75, 3.05) is 6.61 Å². The number of rotatable bonds is 11. The smallest absolute Gasteiger partial charge is 0.356 e. The Labute approximate surface area is 290 Å². The van der Waals surface area contributed by atoms with E-state index in [9.17, 15) is 4.79 Å². The van der Waals surface area contributed by atoms with Crippen LogP contribution in [0, 0.1) is 0 Å². The SMILES string of the molecule is CCOC(=O)c1cc2c3ccccc3n(CCCCCn3c4ccccc4c4cc(CC)nc(-c5cccnc5)c43)c2c(-c2cccnc2)n1. The van der Waals surface area contributed by atoms with Gasteiger partial charge in [0.15, 0.2) is 0 Å². The first kappa shape index (κ1) is 31.4. The summed E-state index contributed by atoms with van der Waals surface area (Å²) in [5, 5.41) is 4.58. The molecule has 8 heteroatoms. The van der Waals surface area contributed by atoms with Gasteiger partial charge in [-0.1, -0.05) is 43.3 Å². The van der Waals surface area contributed by atoms with Crippen LogP contribution in [0.5, 0.6) is 0 Å². The number of aryl methyl sites for hydroxylation is 3. The van der Waals surface area contributed by atoms with Gasteiger partial charge in [0.2, 0.25) is 0 Å². The summed E-state index contributed by atoms with van der Waals surface area (Å²) in [5.74, 6) is -0.422. The predicted octanol–water partition coefficient (Wildman–Crippen LogP) is 9.43. The first-order valence-electron chi connectivity index (χ1n) is 17.5. The molecule has 0 bridgehead atoms. The fraction of sp³-hybridized carbons (Fsp3) is 0.214. The molecule has 8 rings (SSSR count). The Hall–Kier alpha value is -5.89. The van der Waals surface area contributed by atoms with Gasteiger partial charge in [-0.15, -0.1) is 0 Å². The zero-order valence-electron chi connectivity index (χ0n) is 28.3. The number of hydrogen-bond donors (Lipinski definition) is 0. The maximum Gasteiger partial charge on any atom is 0.356 e. The molecule has 0 radical (unpaired) electrons. The van der Waals surface area contributed by atoms with Crippen LogP contribution in [0.2, 0.25) is 0 Å². The normalized spacial score (nSPS) is 11.6. The van der Waals surface area contributed by atoms with E-state index in [2.05, 4.69) is 80.6 Å². The molecule has 0 aliphatic carbocycles. The van der Waals surface area contributed by atoms with Crippen LogP contribution in [0.15, 0.2) is 110 Å². The quantitative estimate of drug-likeness (QED) is 0.102. The van der Waals surface area contributed by atoms with Crippen LogP contribution >= 0.6 is 0 Å². The van der Waals surface area contributed by atoms with E-state index in [1.165, 1.54) is 21.8 Å². The number of ether oxygens (including phenoxy) is 1. The Balaban J connectivity index is 1.13. The van der Waals surface area contributed by atoms with Crippen molar-refractivity contribution in [1.82, 2.24) is 29.1 Å². The minimum absolute atomic E-state index is 0.290. The third kappa shape index (κ3) is 5.56. The van der Waals surface area contributed by atoms with Crippen molar-refractivity contribution < 1.29 is 9.53 Å². The summed E-state index contributed by atoms with van der Waals surface area (Å²) in [6.45, 7) is 5.95. The standard InChI is InChI=1S/C42H38N6O2/c1-3-30-24-33-31-16-6-8-18-36(31)47(40(33)38(45-30)28-14-12-20-43-26-28)22-10-5-11-23-48-37-19-9-7-17-32(37)34-25-35(42(49)50-4-2)46-39(41(34)48)29-15-13-21-44-27-29/h6-9,12-21,24-27H,3-5,10-11,22-23H2,1-2H3. The number of nitrogens with zero attached hydrogens (tertiary/aromatic N) is 6. The molecule has 0 saturated heterocycles. The van der Waals surface area contributed by atoms with Crippen LogP contribution in [-0.4, -0.2) is 41.6 Å². The van der Waals surface area contributed by atoms with E-state index in [-0.39, 0.29) is 6.61 Å². The van der Waals surface area contributed by atoms with E-state index in [1.807, 2.05) is 55.8 Å². The van der Waals surface area contributed by atoms with Gasteiger partial charge in [-0.25, -0.2) is 9.78 Å². The number of para-hydroxylation sites is 2. The number of fused-ring (bicyclic) bond motifs is 6. The summed E-state index contributed by atoms with van der Waals surface area (Å²) in [6.07, 6.45) is 11.2. The molecule has 0 aliphatic rings. The predicted molar refractivity (Wildman–Crippen MR) is 200 cm³/mol. The van der Waals surface area contributed by atoms with E-state index in [1.54, 1.807) is 6.20 Å². The van der Waals surface area contributed by atoms with Gasteiger partial charge in [0.05, 0.1) is 29.0 Å². The van der Waals surface area contributed by atoms with Gasteiger partial charge >= 0.3 is 5.97 Å². The van der Waals surface area contributed by atoms with Gasteiger partial charge in [0, 0.05) is 87.3 Å². The maximum absolute atomic E-state index is 12.9. The minimum Gasteiger partial charge on any atom is -0.461 e. The number of benzene rings is 2. The molecule has 8 aromatic rings. The fourth-order valence-electron chi connectivity index (χ4n) is 7.28. The Morgan fingerprint density at radius 1 is 0.640 bits per heavy atom. The van der Waals surface area contributed by atoms with E-state index < -0.39 is 5.97 Å². The summed E-state index contributed by atoms with van der Waals surface area (Å²) in [5.41, 5.74) is 9.55. The van der Waals surface area contributed by atoms with Crippen molar-refractivity contribution >= 4 is 49.6 Å². The van der Waals surface area contributed by atoms with E-state index in [4.69, 9.17) is 14.7 Å². The number of esters is 1. The lowest BCUT2D eigenvalue weighted by atomic mass is 10.1. The van der Waals surface area contributed by atoms with Crippen LogP contribution in [0.3, 0.4) is 0 Å². The molecule has 8 nitrogen and oxygen atoms in total. The minimum atomic E-state index is -0.422. The molecule has 50 heavy (non-hydrogen) atoms. The molecule has 0 spiro atoms. The topological polar surface area (TPSA) is 87.7 Å². The molecule has 0 atom stereocenters. The number of hydrogen-bond acceptors (Lipinski definition) is 6. The third-order valence-electron chi connectivity index (χ3n) is 9.53. The Morgan fingerprint density at radius 3 is 1.74 bits per heavy atom. The summed E-state index contributed by atoms with van der Waals surface area (Å²) >= 11 is 0. The van der Waals surface area contributed by atoms with Gasteiger partial charge in [-0.2, -0.15) is 0 Å². The molecule has 0 unspecified atom stereocenters. The molecule has 6 aromatic heterocycles. The number of unbranched alkanes of at least 4 members (excludes halogenated alkanes) is 2. The highest BCUT2D eigenvalue weighted by Crippen LogP contribution is 2.37. The zero-order chi connectivity index (χ0) is 34.0. The summed E-state index contributed by atoms with van der Waals surface area (Å²) in [4.78, 5) is 31.8. The summed E-state index contributed by atoms with van der Waals surface area (Å²) in [6, 6.07) is 29.2. The molecule has 6 heterocycles. The lowest BCUT2D eigenvalue weighted by Gasteiger charge is -2.13. The van der Waals surface area contributed by atoms with Crippen molar-refractivity contribution in [3.8, 4) is 22.5 Å². The van der Waals surface area contributed by atoms with E-state index >= 15 is 0 Å². The van der Waals surface area contributed by atoms with Crippen LogP contribution < -0.4 is 0 Å². The van der Waals surface area contributed by atoms with Gasteiger partial charge in [-0.05, 0) is 81.1 Å². The summed E-state index contributed by atoms with van der Waals surface area (Å²) < 4.78 is 10.2. The van der Waals surface area contributed by atoms with Crippen molar-refractivity contribution in [2.24, 2.45) is 0 Å². The number of carbonyl (C=O) groups is 1. The maximum atomic E-state index is 12.9. The second-order valence-electron chi connectivity index (χ2n) is 12.6. The first-order valence-corrected chi connectivity index (χ1v) is 17.5. The highest BCUT2D eigenvalue weighted by molar-refractivity contribution is 6.14. The molecule has 248 valence electrons. The van der Waals surface area contributed by atoms with Crippen molar-refractivity contribution in [3.05, 3.63) is 121 Å². The highest BCUT2D eigenvalue weighted by Gasteiger charge is 2.21. The monoisotopic (exact) mass is 658 g/mol. The third-order valence-corrected chi connectivity index (χ3v) is 9.53. The molecule has 2 aromatic carbocycles. The van der Waals surface area contributed by atoms with Crippen molar-refractivity contribution in [1.29, 1.82) is 0 Å². The molecule has 0 fully saturated rings. The van der Waals surface area contributed by atoms with Gasteiger partial charge in [0.1, 0.15) is 5.69 Å². The lowest BCUT2D eigenvalue weighted by molar-refractivity contribution is 0.0520. The van der Waals surface area contributed by atoms with E-state index in [0.29, 0.717) is 5.69 Å². The van der Waals surface area contributed by atoms with Crippen molar-refractivity contribution in [2.45, 2.75) is 52.6 Å². The van der Waals surface area contributed by atoms with E-state index in [0.717, 1.165) is 88.8 Å². The fourth-order valence-corrected chi connectivity index (χ4v) is 7.28. The average molecular weight is 659 g/mol. The van der Waals surface area contributed by atoms with Gasteiger partial charge in [-0.3, -0.25) is 15.0 Å². The Kier molecular flexibility index (Phi) is 8.50. The number of aromatic nitrogens is 6. The Bertz CT molecular complexity index is 2480.